The molecular weight excluding hydrogens is 290 g/mol. The van der Waals surface area contributed by atoms with E-state index in [1.54, 1.807) is 36.5 Å². The van der Waals surface area contributed by atoms with Gasteiger partial charge in [-0.25, -0.2) is 0 Å². The molecule has 2 aromatic carbocycles. The lowest BCUT2D eigenvalue weighted by atomic mass is 10.2. The Balaban J connectivity index is 1.65. The molecule has 0 aliphatic heterocycles. The van der Waals surface area contributed by atoms with Crippen LogP contribution in [0.5, 0.6) is 5.75 Å². The van der Waals surface area contributed by atoms with Gasteiger partial charge in [-0.1, -0.05) is 18.2 Å². The van der Waals surface area contributed by atoms with Crippen molar-refractivity contribution in [2.75, 3.05) is 11.9 Å². The molecule has 0 radical (unpaired) electrons. The molecule has 0 saturated carbocycles. The molecule has 5 nitrogen and oxygen atoms in total. The molecule has 112 valence electrons. The van der Waals surface area contributed by atoms with E-state index in [1.165, 1.54) is 0 Å². The quantitative estimate of drug-likeness (QED) is 0.803. The van der Waals surface area contributed by atoms with Crippen LogP contribution in [0.4, 0.5) is 5.69 Å². The number of nitriles is 1. The van der Waals surface area contributed by atoms with Crippen molar-refractivity contribution in [1.29, 1.82) is 5.26 Å². The van der Waals surface area contributed by atoms with Crippen molar-refractivity contribution in [2.45, 2.75) is 0 Å². The van der Waals surface area contributed by atoms with Crippen molar-refractivity contribution in [1.82, 2.24) is 4.98 Å². The van der Waals surface area contributed by atoms with Gasteiger partial charge in [-0.3, -0.25) is 9.78 Å². The first kappa shape index (κ1) is 14.5. The van der Waals surface area contributed by atoms with E-state index in [-0.39, 0.29) is 12.5 Å². The molecule has 3 rings (SSSR count). The lowest BCUT2D eigenvalue weighted by molar-refractivity contribution is -0.118. The molecule has 5 heteroatoms. The minimum absolute atomic E-state index is 0.116. The fraction of sp³-hybridized carbons (Fsp3) is 0.0556. The fourth-order valence-electron chi connectivity index (χ4n) is 2.17. The number of hydrogen-bond donors (Lipinski definition) is 1. The van der Waals surface area contributed by atoms with Gasteiger partial charge >= 0.3 is 0 Å². The Morgan fingerprint density at radius 2 is 1.91 bits per heavy atom. The summed E-state index contributed by atoms with van der Waals surface area (Å²) in [5.41, 5.74) is 1.93. The Labute approximate surface area is 133 Å². The van der Waals surface area contributed by atoms with E-state index in [2.05, 4.69) is 10.3 Å². The molecule has 0 saturated heterocycles. The summed E-state index contributed by atoms with van der Waals surface area (Å²) in [5, 5.41) is 12.5. The highest BCUT2D eigenvalue weighted by atomic mass is 16.5. The number of rotatable bonds is 4. The summed E-state index contributed by atoms with van der Waals surface area (Å²) in [4.78, 5) is 16.3. The van der Waals surface area contributed by atoms with Gasteiger partial charge in [0.1, 0.15) is 5.75 Å². The number of ether oxygens (including phenoxy) is 1. The molecule has 0 atom stereocenters. The second-order valence-electron chi connectivity index (χ2n) is 4.85. The summed E-state index contributed by atoms with van der Waals surface area (Å²) in [5.74, 6) is 0.266. The van der Waals surface area contributed by atoms with Gasteiger partial charge in [0.25, 0.3) is 5.91 Å². The summed E-state index contributed by atoms with van der Waals surface area (Å²) in [6, 6.07) is 18.0. The van der Waals surface area contributed by atoms with Crippen LogP contribution in [0.2, 0.25) is 0 Å². The van der Waals surface area contributed by atoms with Crippen molar-refractivity contribution in [3.8, 4) is 11.8 Å². The first-order valence-corrected chi connectivity index (χ1v) is 7.03. The minimum atomic E-state index is -0.271. The molecule has 1 amide bonds. The lowest BCUT2D eigenvalue weighted by Crippen LogP contribution is -2.20. The third-order valence-corrected chi connectivity index (χ3v) is 3.26. The van der Waals surface area contributed by atoms with Crippen molar-refractivity contribution in [3.63, 3.8) is 0 Å². The van der Waals surface area contributed by atoms with Gasteiger partial charge < -0.3 is 10.1 Å². The zero-order valence-electron chi connectivity index (χ0n) is 12.2. The average Bonchev–Trinajstić information content (AvgIpc) is 2.61. The third-order valence-electron chi connectivity index (χ3n) is 3.26. The Morgan fingerprint density at radius 1 is 1.13 bits per heavy atom. The number of hydrogen-bond acceptors (Lipinski definition) is 4. The number of amides is 1. The zero-order valence-corrected chi connectivity index (χ0v) is 12.2. The predicted molar refractivity (Wildman–Crippen MR) is 87.0 cm³/mol. The molecule has 0 spiro atoms. The van der Waals surface area contributed by atoms with Gasteiger partial charge in [0.05, 0.1) is 22.8 Å². The van der Waals surface area contributed by atoms with Crippen molar-refractivity contribution < 1.29 is 9.53 Å². The number of anilines is 1. The first-order chi connectivity index (χ1) is 11.3. The highest BCUT2D eigenvalue weighted by Gasteiger charge is 2.07. The number of carbonyl (C=O) groups excluding carboxylic acids is 1. The van der Waals surface area contributed by atoms with E-state index in [0.29, 0.717) is 17.0 Å². The number of aromatic nitrogens is 1. The van der Waals surface area contributed by atoms with E-state index in [1.807, 2.05) is 30.3 Å². The number of nitrogens with one attached hydrogen (secondary N) is 1. The van der Waals surface area contributed by atoms with Gasteiger partial charge in [-0.15, -0.1) is 0 Å². The highest BCUT2D eigenvalue weighted by Crippen LogP contribution is 2.20. The summed E-state index contributed by atoms with van der Waals surface area (Å²) in [6.45, 7) is -0.116. The number of para-hydroxylation sites is 1. The zero-order chi connectivity index (χ0) is 16.1. The Bertz CT molecular complexity index is 877. The van der Waals surface area contributed by atoms with Crippen LogP contribution in [-0.2, 0) is 4.79 Å². The largest absolute Gasteiger partial charge is 0.484 e. The summed E-state index contributed by atoms with van der Waals surface area (Å²) in [7, 11) is 0. The molecular formula is C18H13N3O2. The fourth-order valence-corrected chi connectivity index (χ4v) is 2.17. The molecule has 1 aromatic heterocycles. The molecule has 0 bridgehead atoms. The van der Waals surface area contributed by atoms with Crippen LogP contribution in [0.25, 0.3) is 10.9 Å². The normalized spacial score (nSPS) is 10.0. The van der Waals surface area contributed by atoms with Crippen LogP contribution in [0.15, 0.2) is 60.8 Å². The molecule has 0 aliphatic carbocycles. The Kier molecular flexibility index (Phi) is 4.16. The van der Waals surface area contributed by atoms with Crippen LogP contribution in [0.3, 0.4) is 0 Å². The second kappa shape index (κ2) is 6.58. The number of carbonyl (C=O) groups is 1. The second-order valence-corrected chi connectivity index (χ2v) is 4.85. The summed E-state index contributed by atoms with van der Waals surface area (Å²) >= 11 is 0. The Morgan fingerprint density at radius 3 is 2.70 bits per heavy atom. The van der Waals surface area contributed by atoms with E-state index in [9.17, 15) is 4.79 Å². The van der Waals surface area contributed by atoms with E-state index >= 15 is 0 Å². The van der Waals surface area contributed by atoms with Crippen LogP contribution >= 0.6 is 0 Å². The van der Waals surface area contributed by atoms with Crippen molar-refractivity contribution in [3.05, 3.63) is 66.4 Å². The number of benzene rings is 2. The maximum absolute atomic E-state index is 12.0. The molecule has 0 aliphatic rings. The SMILES string of the molecule is N#Cc1ccc(OCC(=O)Nc2cccc3cccnc23)cc1. The van der Waals surface area contributed by atoms with Gasteiger partial charge in [-0.05, 0) is 36.4 Å². The van der Waals surface area contributed by atoms with E-state index in [4.69, 9.17) is 10.00 Å². The number of nitrogens with zero attached hydrogens (tertiary/aromatic N) is 2. The average molecular weight is 303 g/mol. The number of fused-ring (bicyclic) bond motifs is 1. The van der Waals surface area contributed by atoms with Crippen LogP contribution in [0, 0.1) is 11.3 Å². The van der Waals surface area contributed by atoms with Crippen LogP contribution in [-0.4, -0.2) is 17.5 Å². The van der Waals surface area contributed by atoms with Gasteiger partial charge in [-0.2, -0.15) is 5.26 Å². The topological polar surface area (TPSA) is 75.0 Å². The van der Waals surface area contributed by atoms with Gasteiger partial charge in [0.2, 0.25) is 0 Å². The first-order valence-electron chi connectivity index (χ1n) is 7.03. The molecule has 0 unspecified atom stereocenters. The molecule has 0 fully saturated rings. The monoisotopic (exact) mass is 303 g/mol. The smallest absolute Gasteiger partial charge is 0.262 e. The van der Waals surface area contributed by atoms with Crippen molar-refractivity contribution >= 4 is 22.5 Å². The molecule has 23 heavy (non-hydrogen) atoms. The number of pyridine rings is 1. The highest BCUT2D eigenvalue weighted by molar-refractivity contribution is 6.00. The molecule has 1 N–H and O–H groups in total. The van der Waals surface area contributed by atoms with Gasteiger partial charge in [0, 0.05) is 11.6 Å². The standard InChI is InChI=1S/C18H13N3O2/c19-11-13-6-8-15(9-7-13)23-12-17(22)21-16-5-1-3-14-4-2-10-20-18(14)16/h1-10H,12H2,(H,21,22). The Hall–Kier alpha value is -3.39. The van der Waals surface area contributed by atoms with Crippen LogP contribution in [0.1, 0.15) is 5.56 Å². The minimum Gasteiger partial charge on any atom is -0.484 e. The third kappa shape index (κ3) is 3.44. The van der Waals surface area contributed by atoms with Gasteiger partial charge in [0.15, 0.2) is 6.61 Å². The summed E-state index contributed by atoms with van der Waals surface area (Å²) < 4.78 is 5.41. The molecule has 1 heterocycles. The lowest BCUT2D eigenvalue weighted by Gasteiger charge is -2.09. The van der Waals surface area contributed by atoms with Crippen molar-refractivity contribution in [2.24, 2.45) is 0 Å². The maximum Gasteiger partial charge on any atom is 0.262 e. The molecule has 3 aromatic rings. The van der Waals surface area contributed by atoms with E-state index < -0.39 is 0 Å². The van der Waals surface area contributed by atoms with E-state index in [0.717, 1.165) is 10.9 Å². The maximum atomic E-state index is 12.0. The predicted octanol–water partition coefficient (Wildman–Crippen LogP) is 3.12. The summed E-state index contributed by atoms with van der Waals surface area (Å²) in [6.07, 6.45) is 1.69. The van der Waals surface area contributed by atoms with Crippen LogP contribution < -0.4 is 10.1 Å².